The fraction of sp³-hybridized carbons (Fsp3) is 0.0667. The lowest BCUT2D eigenvalue weighted by Crippen LogP contribution is -2.15. The summed E-state index contributed by atoms with van der Waals surface area (Å²) in [7, 11) is 0. The highest BCUT2D eigenvalue weighted by molar-refractivity contribution is 6.22. The molecule has 47 heavy (non-hydrogen) atoms. The van der Waals surface area contributed by atoms with Crippen molar-refractivity contribution in [2.75, 3.05) is 0 Å². The molecule has 2 aromatic heterocycles. The summed E-state index contributed by atoms with van der Waals surface area (Å²) in [6.07, 6.45) is 3.78. The first kappa shape index (κ1) is 27.5. The van der Waals surface area contributed by atoms with Crippen LogP contribution in [0.4, 0.5) is 0 Å². The van der Waals surface area contributed by atoms with Crippen molar-refractivity contribution in [2.45, 2.75) is 19.3 Å². The van der Waals surface area contributed by atoms with E-state index in [4.69, 9.17) is 4.98 Å². The minimum absolute atomic E-state index is 0.178. The minimum atomic E-state index is -0.178. The van der Waals surface area contributed by atoms with Crippen molar-refractivity contribution in [2.24, 2.45) is 0 Å². The van der Waals surface area contributed by atoms with Gasteiger partial charge in [0.1, 0.15) is 0 Å². The van der Waals surface area contributed by atoms with E-state index in [2.05, 4.69) is 146 Å². The van der Waals surface area contributed by atoms with Gasteiger partial charge in [-0.25, -0.2) is 0 Å². The Kier molecular flexibility index (Phi) is 6.20. The SMILES string of the molecule is CC1(C)c2cc(-c3ccc(-c4ccccn4)nc3)ccc2-c2cc3c(-c4ccccc4)c4ccccc4c(-c4ccccc4)c3cc21. The van der Waals surface area contributed by atoms with E-state index in [9.17, 15) is 0 Å². The Morgan fingerprint density at radius 3 is 1.60 bits per heavy atom. The second-order valence-electron chi connectivity index (χ2n) is 13.0. The highest BCUT2D eigenvalue weighted by Gasteiger charge is 2.36. The Labute approximate surface area is 275 Å². The van der Waals surface area contributed by atoms with Gasteiger partial charge in [-0.05, 0) is 108 Å². The van der Waals surface area contributed by atoms with E-state index in [-0.39, 0.29) is 5.41 Å². The molecule has 0 saturated carbocycles. The summed E-state index contributed by atoms with van der Waals surface area (Å²) < 4.78 is 0. The predicted molar refractivity (Wildman–Crippen MR) is 196 cm³/mol. The molecule has 0 amide bonds. The molecule has 6 aromatic carbocycles. The summed E-state index contributed by atoms with van der Waals surface area (Å²) in [5, 5.41) is 5.14. The predicted octanol–water partition coefficient (Wildman–Crippen LogP) is 11.8. The zero-order valence-electron chi connectivity index (χ0n) is 26.4. The molecule has 0 unspecified atom stereocenters. The summed E-state index contributed by atoms with van der Waals surface area (Å²) in [5.41, 5.74) is 14.3. The molecule has 1 aliphatic carbocycles. The standard InChI is InChI=1S/C45H32N2/c1-45(2)39-25-31(32-21-23-42(47-28-32)41-19-11-12-24-46-41)20-22-33(39)36-26-37-38(27-40(36)45)44(30-15-7-4-8-16-30)35-18-10-9-17-34(35)43(37)29-13-5-3-6-14-29/h3-28H,1-2H3. The highest BCUT2D eigenvalue weighted by Crippen LogP contribution is 2.53. The van der Waals surface area contributed by atoms with E-state index in [0.717, 1.165) is 17.0 Å². The number of nitrogens with zero attached hydrogens (tertiary/aromatic N) is 2. The molecule has 0 spiro atoms. The number of aromatic nitrogens is 2. The van der Waals surface area contributed by atoms with Crippen LogP contribution in [0.5, 0.6) is 0 Å². The van der Waals surface area contributed by atoms with E-state index in [0.29, 0.717) is 0 Å². The lowest BCUT2D eigenvalue weighted by molar-refractivity contribution is 0.661. The Morgan fingerprint density at radius 2 is 0.979 bits per heavy atom. The summed E-state index contributed by atoms with van der Waals surface area (Å²) >= 11 is 0. The quantitative estimate of drug-likeness (QED) is 0.188. The van der Waals surface area contributed by atoms with Crippen LogP contribution in [0.15, 0.2) is 158 Å². The van der Waals surface area contributed by atoms with Gasteiger partial charge in [-0.15, -0.1) is 0 Å². The maximum absolute atomic E-state index is 4.77. The molecular formula is C45H32N2. The van der Waals surface area contributed by atoms with Crippen LogP contribution in [0.2, 0.25) is 0 Å². The molecule has 2 nitrogen and oxygen atoms in total. The molecular weight excluding hydrogens is 569 g/mol. The Bertz CT molecular complexity index is 2440. The molecule has 0 fully saturated rings. The van der Waals surface area contributed by atoms with Crippen molar-refractivity contribution >= 4 is 21.5 Å². The first-order valence-corrected chi connectivity index (χ1v) is 16.2. The molecule has 2 heteroatoms. The first-order chi connectivity index (χ1) is 23.1. The lowest BCUT2D eigenvalue weighted by Gasteiger charge is -2.24. The van der Waals surface area contributed by atoms with E-state index in [1.807, 2.05) is 30.6 Å². The first-order valence-electron chi connectivity index (χ1n) is 16.2. The van der Waals surface area contributed by atoms with Gasteiger partial charge in [0.15, 0.2) is 0 Å². The summed E-state index contributed by atoms with van der Waals surface area (Å²) in [6.45, 7) is 4.74. The third-order valence-corrected chi connectivity index (χ3v) is 9.97. The third kappa shape index (κ3) is 4.33. The molecule has 9 rings (SSSR count). The molecule has 2 heterocycles. The Balaban J connectivity index is 1.28. The minimum Gasteiger partial charge on any atom is -0.255 e. The second kappa shape index (κ2) is 10.6. The van der Waals surface area contributed by atoms with Crippen molar-refractivity contribution < 1.29 is 0 Å². The van der Waals surface area contributed by atoms with Gasteiger partial charge in [-0.3, -0.25) is 9.97 Å². The Morgan fingerprint density at radius 1 is 0.404 bits per heavy atom. The number of hydrogen-bond donors (Lipinski definition) is 0. The van der Waals surface area contributed by atoms with E-state index >= 15 is 0 Å². The lowest BCUT2D eigenvalue weighted by atomic mass is 9.79. The van der Waals surface area contributed by atoms with Crippen LogP contribution < -0.4 is 0 Å². The van der Waals surface area contributed by atoms with Gasteiger partial charge >= 0.3 is 0 Å². The number of hydrogen-bond acceptors (Lipinski definition) is 2. The van der Waals surface area contributed by atoms with Crippen LogP contribution >= 0.6 is 0 Å². The fourth-order valence-corrected chi connectivity index (χ4v) is 7.65. The average molecular weight is 601 g/mol. The van der Waals surface area contributed by atoms with Gasteiger partial charge < -0.3 is 0 Å². The molecule has 0 aliphatic heterocycles. The summed E-state index contributed by atoms with van der Waals surface area (Å²) in [5.74, 6) is 0. The smallest absolute Gasteiger partial charge is 0.0886 e. The summed E-state index contributed by atoms with van der Waals surface area (Å²) in [6, 6.07) is 52.7. The number of rotatable bonds is 4. The van der Waals surface area contributed by atoms with Crippen LogP contribution in [0, 0.1) is 0 Å². The number of pyridine rings is 2. The largest absolute Gasteiger partial charge is 0.255 e. The van der Waals surface area contributed by atoms with Gasteiger partial charge in [-0.2, -0.15) is 0 Å². The maximum Gasteiger partial charge on any atom is 0.0886 e. The number of benzene rings is 6. The fourth-order valence-electron chi connectivity index (χ4n) is 7.65. The van der Waals surface area contributed by atoms with E-state index in [1.54, 1.807) is 0 Å². The van der Waals surface area contributed by atoms with E-state index in [1.165, 1.54) is 71.6 Å². The van der Waals surface area contributed by atoms with Gasteiger partial charge in [-0.1, -0.05) is 123 Å². The average Bonchev–Trinajstić information content (AvgIpc) is 3.35. The molecule has 222 valence electrons. The highest BCUT2D eigenvalue weighted by atomic mass is 14.8. The maximum atomic E-state index is 4.77. The third-order valence-electron chi connectivity index (χ3n) is 9.97. The monoisotopic (exact) mass is 600 g/mol. The van der Waals surface area contributed by atoms with Gasteiger partial charge in [0.05, 0.1) is 11.4 Å². The molecule has 1 aliphatic rings. The van der Waals surface area contributed by atoms with Crippen LogP contribution in [-0.4, -0.2) is 9.97 Å². The van der Waals surface area contributed by atoms with Gasteiger partial charge in [0.25, 0.3) is 0 Å². The number of fused-ring (bicyclic) bond motifs is 5. The van der Waals surface area contributed by atoms with E-state index < -0.39 is 0 Å². The zero-order valence-corrected chi connectivity index (χ0v) is 26.4. The molecule has 0 N–H and O–H groups in total. The van der Waals surface area contributed by atoms with Crippen LogP contribution in [0.25, 0.3) is 77.4 Å². The zero-order chi connectivity index (χ0) is 31.5. The van der Waals surface area contributed by atoms with Crippen LogP contribution in [0.1, 0.15) is 25.0 Å². The summed E-state index contributed by atoms with van der Waals surface area (Å²) in [4.78, 5) is 9.24. The molecule has 0 radical (unpaired) electrons. The van der Waals surface area contributed by atoms with Crippen molar-refractivity contribution in [3.8, 4) is 55.9 Å². The van der Waals surface area contributed by atoms with Crippen molar-refractivity contribution in [3.05, 3.63) is 169 Å². The Hall–Kier alpha value is -5.86. The van der Waals surface area contributed by atoms with Crippen LogP contribution in [-0.2, 0) is 5.41 Å². The molecule has 0 atom stereocenters. The van der Waals surface area contributed by atoms with Crippen molar-refractivity contribution in [3.63, 3.8) is 0 Å². The normalized spacial score (nSPS) is 13.1. The van der Waals surface area contributed by atoms with Gasteiger partial charge in [0.2, 0.25) is 0 Å². The van der Waals surface area contributed by atoms with Crippen molar-refractivity contribution in [1.29, 1.82) is 0 Å². The second-order valence-corrected chi connectivity index (χ2v) is 13.0. The molecule has 0 bridgehead atoms. The van der Waals surface area contributed by atoms with Crippen molar-refractivity contribution in [1.82, 2.24) is 9.97 Å². The topological polar surface area (TPSA) is 25.8 Å². The van der Waals surface area contributed by atoms with Gasteiger partial charge in [0, 0.05) is 23.4 Å². The van der Waals surface area contributed by atoms with Crippen LogP contribution in [0.3, 0.4) is 0 Å². The molecule has 8 aromatic rings. The molecule has 0 saturated heterocycles.